The summed E-state index contributed by atoms with van der Waals surface area (Å²) >= 11 is 0. The molecule has 0 spiro atoms. The number of rotatable bonds is 3. The maximum atomic E-state index is 12.8. The minimum atomic E-state index is -2.86. The average molecular weight is 382 g/mol. The third-order valence-electron chi connectivity index (χ3n) is 4.68. The van der Waals surface area contributed by atoms with Crippen molar-refractivity contribution in [2.45, 2.75) is 19.4 Å². The van der Waals surface area contributed by atoms with Crippen molar-refractivity contribution < 1.29 is 23.1 Å². The number of nitrogens with one attached hydrogen (secondary N) is 1. The Balaban J connectivity index is 1.65. The summed E-state index contributed by atoms with van der Waals surface area (Å²) in [6.07, 6.45) is -0.678. The number of nitrogens with zero attached hydrogens (tertiary/aromatic N) is 1. The highest BCUT2D eigenvalue weighted by atomic mass is 19.3. The van der Waals surface area contributed by atoms with Crippen LogP contribution in [0.5, 0.6) is 11.5 Å². The van der Waals surface area contributed by atoms with Gasteiger partial charge in [0.25, 0.3) is 12.3 Å². The molecule has 0 fully saturated rings. The SMILES string of the molecule is Cc1ccc2c(c1)C(NC(=O)C1C=CC(C(F)F)=NC1=O)c1ccccc1O2. The van der Waals surface area contributed by atoms with Crippen molar-refractivity contribution in [3.63, 3.8) is 0 Å². The number of halogens is 2. The van der Waals surface area contributed by atoms with Gasteiger partial charge in [0.1, 0.15) is 23.1 Å². The van der Waals surface area contributed by atoms with Crippen LogP contribution in [0.1, 0.15) is 22.7 Å². The Morgan fingerprint density at radius 1 is 1.14 bits per heavy atom. The molecule has 2 aliphatic rings. The minimum Gasteiger partial charge on any atom is -0.457 e. The van der Waals surface area contributed by atoms with Crippen LogP contribution in [0.25, 0.3) is 0 Å². The van der Waals surface area contributed by atoms with Crippen LogP contribution in [0.4, 0.5) is 8.78 Å². The van der Waals surface area contributed by atoms with Crippen LogP contribution in [0.3, 0.4) is 0 Å². The molecule has 28 heavy (non-hydrogen) atoms. The van der Waals surface area contributed by atoms with Gasteiger partial charge in [-0.2, -0.15) is 0 Å². The number of dihydropyridines is 1. The summed E-state index contributed by atoms with van der Waals surface area (Å²) < 4.78 is 31.3. The van der Waals surface area contributed by atoms with E-state index < -0.39 is 35.9 Å². The smallest absolute Gasteiger partial charge is 0.280 e. The van der Waals surface area contributed by atoms with Gasteiger partial charge in [-0.3, -0.25) is 9.59 Å². The van der Waals surface area contributed by atoms with Crippen LogP contribution in [0, 0.1) is 12.8 Å². The van der Waals surface area contributed by atoms with Crippen molar-refractivity contribution in [1.82, 2.24) is 5.32 Å². The lowest BCUT2D eigenvalue weighted by Crippen LogP contribution is -2.39. The van der Waals surface area contributed by atoms with Gasteiger partial charge < -0.3 is 10.1 Å². The van der Waals surface area contributed by atoms with Crippen LogP contribution < -0.4 is 10.1 Å². The van der Waals surface area contributed by atoms with Crippen molar-refractivity contribution in [3.05, 3.63) is 71.3 Å². The number of benzene rings is 2. The van der Waals surface area contributed by atoms with Crippen molar-refractivity contribution in [3.8, 4) is 11.5 Å². The molecule has 2 aliphatic heterocycles. The monoisotopic (exact) mass is 382 g/mol. The molecule has 2 heterocycles. The highest BCUT2D eigenvalue weighted by Crippen LogP contribution is 2.43. The maximum absolute atomic E-state index is 12.8. The van der Waals surface area contributed by atoms with Crippen molar-refractivity contribution in [2.75, 3.05) is 0 Å². The van der Waals surface area contributed by atoms with E-state index in [1.165, 1.54) is 0 Å². The number of ether oxygens (including phenoxy) is 1. The lowest BCUT2D eigenvalue weighted by Gasteiger charge is -2.30. The lowest BCUT2D eigenvalue weighted by atomic mass is 9.92. The zero-order valence-electron chi connectivity index (χ0n) is 14.9. The van der Waals surface area contributed by atoms with Crippen molar-refractivity contribution in [2.24, 2.45) is 10.9 Å². The molecule has 2 amide bonds. The minimum absolute atomic E-state index is 0.533. The average Bonchev–Trinajstić information content (AvgIpc) is 2.68. The summed E-state index contributed by atoms with van der Waals surface area (Å²) in [5, 5.41) is 2.85. The third kappa shape index (κ3) is 3.19. The molecule has 2 aromatic rings. The van der Waals surface area contributed by atoms with E-state index in [2.05, 4.69) is 10.3 Å². The number of alkyl halides is 2. The molecule has 0 saturated carbocycles. The molecule has 2 aromatic carbocycles. The Bertz CT molecular complexity index is 1030. The second-order valence-corrected chi connectivity index (χ2v) is 6.64. The molecule has 0 aromatic heterocycles. The number of para-hydroxylation sites is 1. The van der Waals surface area contributed by atoms with Gasteiger partial charge in [0, 0.05) is 11.1 Å². The predicted octanol–water partition coefficient (Wildman–Crippen LogP) is 3.73. The standard InChI is InChI=1S/C21H16F2N2O3/c1-11-6-9-17-14(10-11)18(12-4-2-3-5-16(12)28-17)25-21(27)13-7-8-15(19(22)23)24-20(13)26/h2-10,13,18-19H,1H3,(H,25,27). The summed E-state index contributed by atoms with van der Waals surface area (Å²) in [7, 11) is 0. The summed E-state index contributed by atoms with van der Waals surface area (Å²) in [6, 6.07) is 12.4. The Hall–Kier alpha value is -3.35. The topological polar surface area (TPSA) is 67.8 Å². The number of fused-ring (bicyclic) bond motifs is 2. The zero-order chi connectivity index (χ0) is 19.8. The van der Waals surface area contributed by atoms with Gasteiger partial charge >= 0.3 is 0 Å². The first kappa shape index (κ1) is 18.0. The number of allylic oxidation sites excluding steroid dienone is 1. The quantitative estimate of drug-likeness (QED) is 0.823. The van der Waals surface area contributed by atoms with Crippen LogP contribution >= 0.6 is 0 Å². The fourth-order valence-corrected chi connectivity index (χ4v) is 3.30. The summed E-state index contributed by atoms with van der Waals surface area (Å²) in [5.74, 6) is -1.54. The van der Waals surface area contributed by atoms with E-state index >= 15 is 0 Å². The fourth-order valence-electron chi connectivity index (χ4n) is 3.30. The van der Waals surface area contributed by atoms with Gasteiger partial charge in [-0.25, -0.2) is 13.8 Å². The summed E-state index contributed by atoms with van der Waals surface area (Å²) in [5.41, 5.74) is 1.86. The molecule has 0 radical (unpaired) electrons. The van der Waals surface area contributed by atoms with E-state index in [1.54, 1.807) is 6.07 Å². The third-order valence-corrected chi connectivity index (χ3v) is 4.68. The number of amides is 2. The first-order valence-corrected chi connectivity index (χ1v) is 8.70. The van der Waals surface area contributed by atoms with E-state index in [9.17, 15) is 18.4 Å². The number of aryl methyl sites for hydroxylation is 1. The van der Waals surface area contributed by atoms with E-state index in [1.807, 2.05) is 43.3 Å². The Labute approximate surface area is 159 Å². The van der Waals surface area contributed by atoms with Crippen molar-refractivity contribution >= 4 is 17.5 Å². The van der Waals surface area contributed by atoms with Gasteiger partial charge in [0.05, 0.1) is 6.04 Å². The van der Waals surface area contributed by atoms with Gasteiger partial charge in [-0.15, -0.1) is 0 Å². The second-order valence-electron chi connectivity index (χ2n) is 6.64. The zero-order valence-corrected chi connectivity index (χ0v) is 14.9. The number of aliphatic imine (C=N–C) groups is 1. The van der Waals surface area contributed by atoms with Crippen LogP contribution in [0.2, 0.25) is 0 Å². The molecule has 7 heteroatoms. The Morgan fingerprint density at radius 3 is 2.64 bits per heavy atom. The van der Waals surface area contributed by atoms with Gasteiger partial charge in [0.2, 0.25) is 5.91 Å². The summed E-state index contributed by atoms with van der Waals surface area (Å²) in [4.78, 5) is 28.2. The van der Waals surface area contributed by atoms with Crippen LogP contribution in [-0.2, 0) is 9.59 Å². The Morgan fingerprint density at radius 2 is 1.89 bits per heavy atom. The Kier molecular flexibility index (Phi) is 4.50. The number of carbonyl (C=O) groups excluding carboxylic acids is 2. The highest BCUT2D eigenvalue weighted by Gasteiger charge is 2.34. The summed E-state index contributed by atoms with van der Waals surface area (Å²) in [6.45, 7) is 1.92. The van der Waals surface area contributed by atoms with Gasteiger partial charge in [0.15, 0.2) is 0 Å². The largest absolute Gasteiger partial charge is 0.457 e. The van der Waals surface area contributed by atoms with E-state index in [0.29, 0.717) is 11.5 Å². The normalized spacial score (nSPS) is 20.1. The predicted molar refractivity (Wildman–Crippen MR) is 98.8 cm³/mol. The van der Waals surface area contributed by atoms with E-state index in [-0.39, 0.29) is 0 Å². The first-order chi connectivity index (χ1) is 13.4. The second kappa shape index (κ2) is 6.99. The first-order valence-electron chi connectivity index (χ1n) is 8.70. The van der Waals surface area contributed by atoms with Crippen LogP contribution in [-0.4, -0.2) is 24.0 Å². The molecule has 0 aliphatic carbocycles. The maximum Gasteiger partial charge on any atom is 0.280 e. The fraction of sp³-hybridized carbons (Fsp3) is 0.190. The molecule has 5 nitrogen and oxygen atoms in total. The molecule has 1 N–H and O–H groups in total. The van der Waals surface area contributed by atoms with Crippen molar-refractivity contribution in [1.29, 1.82) is 0 Å². The van der Waals surface area contributed by atoms with Gasteiger partial charge in [-0.05, 0) is 31.2 Å². The molecular formula is C21H16F2N2O3. The van der Waals surface area contributed by atoms with E-state index in [4.69, 9.17) is 4.74 Å². The molecule has 2 atom stereocenters. The molecule has 142 valence electrons. The van der Waals surface area contributed by atoms with E-state index in [0.717, 1.165) is 28.8 Å². The molecular weight excluding hydrogens is 366 g/mol. The molecule has 0 bridgehead atoms. The number of hydrogen-bond acceptors (Lipinski definition) is 3. The molecule has 2 unspecified atom stereocenters. The highest BCUT2D eigenvalue weighted by molar-refractivity contribution is 6.14. The lowest BCUT2D eigenvalue weighted by molar-refractivity contribution is -0.131. The van der Waals surface area contributed by atoms with Gasteiger partial charge in [-0.1, -0.05) is 35.9 Å². The number of hydrogen-bond donors (Lipinski definition) is 1. The molecule has 4 rings (SSSR count). The van der Waals surface area contributed by atoms with Crippen LogP contribution in [0.15, 0.2) is 59.6 Å². The number of carbonyl (C=O) groups is 2. The molecule has 0 saturated heterocycles.